The maximum absolute atomic E-state index is 13.3. The molecule has 0 saturated heterocycles. The molecule has 0 saturated carbocycles. The number of hydrazone groups is 1. The van der Waals surface area contributed by atoms with Crippen molar-refractivity contribution in [3.8, 4) is 5.75 Å². The molecule has 1 unspecified atom stereocenters. The van der Waals surface area contributed by atoms with Crippen LogP contribution in [0.2, 0.25) is 0 Å². The second-order valence-electron chi connectivity index (χ2n) is 8.15. The second kappa shape index (κ2) is 9.28. The third kappa shape index (κ3) is 4.99. The molecule has 6 heteroatoms. The Morgan fingerprint density at radius 1 is 1.27 bits per heavy atom. The average molecular weight is 412 g/mol. The van der Waals surface area contributed by atoms with E-state index in [1.165, 1.54) is 12.1 Å². The molecule has 1 aliphatic heterocycles. The molecular weight excluding hydrogens is 381 g/mol. The zero-order valence-electron chi connectivity index (χ0n) is 18.1. The van der Waals surface area contributed by atoms with Crippen molar-refractivity contribution >= 4 is 11.6 Å². The first kappa shape index (κ1) is 21.8. The van der Waals surface area contributed by atoms with Gasteiger partial charge < -0.3 is 10.1 Å². The highest BCUT2D eigenvalue weighted by molar-refractivity contribution is 6.39. The van der Waals surface area contributed by atoms with Gasteiger partial charge in [0.1, 0.15) is 17.3 Å². The van der Waals surface area contributed by atoms with Crippen molar-refractivity contribution in [2.45, 2.75) is 51.6 Å². The van der Waals surface area contributed by atoms with Crippen molar-refractivity contribution in [1.29, 1.82) is 0 Å². The Labute approximate surface area is 177 Å². The Kier molecular flexibility index (Phi) is 6.75. The molecule has 3 rings (SSSR count). The van der Waals surface area contributed by atoms with E-state index in [0.717, 1.165) is 36.3 Å². The molecule has 1 aliphatic rings. The van der Waals surface area contributed by atoms with E-state index in [4.69, 9.17) is 4.74 Å². The highest BCUT2D eigenvalue weighted by Gasteiger charge is 2.33. The fourth-order valence-corrected chi connectivity index (χ4v) is 3.65. The fraction of sp³-hybridized carbons (Fsp3) is 0.417. The number of carbonyl (C=O) groups excluding carboxylic acids is 1. The maximum Gasteiger partial charge on any atom is 0.268 e. The molecule has 0 aromatic heterocycles. The number of unbranched alkanes of at least 4 members (excludes halogenated alkanes) is 1. The lowest BCUT2D eigenvalue weighted by Crippen LogP contribution is -2.44. The minimum absolute atomic E-state index is 0.00123. The summed E-state index contributed by atoms with van der Waals surface area (Å²) in [6.45, 7) is 6.74. The topological polar surface area (TPSA) is 53.9 Å². The number of rotatable bonds is 8. The summed E-state index contributed by atoms with van der Waals surface area (Å²) in [5.74, 6) is 0.295. The monoisotopic (exact) mass is 411 g/mol. The number of nitrogens with one attached hydrogen (secondary N) is 1. The highest BCUT2D eigenvalue weighted by atomic mass is 19.1. The van der Waals surface area contributed by atoms with E-state index in [1.54, 1.807) is 19.2 Å². The molecule has 0 bridgehead atoms. The van der Waals surface area contributed by atoms with Crippen LogP contribution in [0.4, 0.5) is 4.39 Å². The lowest BCUT2D eigenvalue weighted by molar-refractivity contribution is -0.116. The Morgan fingerprint density at radius 3 is 2.67 bits per heavy atom. The molecule has 0 spiro atoms. The van der Waals surface area contributed by atoms with Crippen LogP contribution < -0.4 is 10.1 Å². The van der Waals surface area contributed by atoms with Crippen molar-refractivity contribution in [3.05, 3.63) is 65.5 Å². The van der Waals surface area contributed by atoms with Gasteiger partial charge in [-0.05, 0) is 55.7 Å². The van der Waals surface area contributed by atoms with Crippen molar-refractivity contribution in [3.63, 3.8) is 0 Å². The predicted octanol–water partition coefficient (Wildman–Crippen LogP) is 4.79. The van der Waals surface area contributed by atoms with E-state index in [0.29, 0.717) is 12.1 Å². The minimum atomic E-state index is -0.643. The molecule has 0 fully saturated rings. The predicted molar refractivity (Wildman–Crippen MR) is 117 cm³/mol. The molecular formula is C24H30FN3O2. The summed E-state index contributed by atoms with van der Waals surface area (Å²) in [6, 6.07) is 14.1. The number of hydrogen-bond acceptors (Lipinski definition) is 4. The van der Waals surface area contributed by atoms with Gasteiger partial charge in [0.05, 0.1) is 18.7 Å². The lowest BCUT2D eigenvalue weighted by Gasteiger charge is -2.27. The van der Waals surface area contributed by atoms with E-state index in [2.05, 4.69) is 17.3 Å². The van der Waals surface area contributed by atoms with Gasteiger partial charge in [0.25, 0.3) is 5.91 Å². The van der Waals surface area contributed by atoms with Crippen molar-refractivity contribution in [1.82, 2.24) is 10.3 Å². The molecule has 160 valence electrons. The van der Waals surface area contributed by atoms with Crippen molar-refractivity contribution < 1.29 is 13.9 Å². The third-order valence-electron chi connectivity index (χ3n) is 5.47. The number of benzene rings is 2. The Bertz CT molecular complexity index is 909. The highest BCUT2D eigenvalue weighted by Crippen LogP contribution is 2.33. The van der Waals surface area contributed by atoms with Crippen LogP contribution in [-0.4, -0.2) is 30.3 Å². The van der Waals surface area contributed by atoms with E-state index < -0.39 is 5.54 Å². The molecule has 2 aromatic rings. The number of hydrogen-bond donors (Lipinski definition) is 1. The third-order valence-corrected chi connectivity index (χ3v) is 5.47. The van der Waals surface area contributed by atoms with Crippen molar-refractivity contribution in [2.75, 3.05) is 13.7 Å². The van der Waals surface area contributed by atoms with Gasteiger partial charge in [-0.15, -0.1) is 0 Å². The number of carbonyl (C=O) groups is 1. The zero-order valence-corrected chi connectivity index (χ0v) is 18.1. The first-order valence-corrected chi connectivity index (χ1v) is 10.4. The number of ether oxygens (including phenoxy) is 1. The van der Waals surface area contributed by atoms with Gasteiger partial charge in [0, 0.05) is 13.0 Å². The normalized spacial score (nSPS) is 16.4. The Balaban J connectivity index is 1.78. The van der Waals surface area contributed by atoms with E-state index in [-0.39, 0.29) is 17.8 Å². The second-order valence-corrected chi connectivity index (χ2v) is 8.15. The van der Waals surface area contributed by atoms with Crippen LogP contribution in [0.5, 0.6) is 5.75 Å². The van der Waals surface area contributed by atoms with Gasteiger partial charge >= 0.3 is 0 Å². The van der Waals surface area contributed by atoms with Crippen LogP contribution in [0, 0.1) is 5.82 Å². The molecule has 0 radical (unpaired) electrons. The number of methoxy groups -OCH3 is 1. The number of halogens is 1. The number of amides is 1. The Hall–Kier alpha value is -2.89. The van der Waals surface area contributed by atoms with Gasteiger partial charge in [-0.3, -0.25) is 9.80 Å². The molecule has 2 aromatic carbocycles. The zero-order chi connectivity index (χ0) is 21.7. The average Bonchev–Trinajstić information content (AvgIpc) is 3.17. The summed E-state index contributed by atoms with van der Waals surface area (Å²) >= 11 is 0. The van der Waals surface area contributed by atoms with E-state index in [9.17, 15) is 9.18 Å². The quantitative estimate of drug-likeness (QED) is 0.680. The first-order valence-electron chi connectivity index (χ1n) is 10.4. The standard InChI is InChI=1S/C24H30FN3O2/c1-5-6-14-28-22(17-8-7-9-20(15-17)30-4)16-21(27-28)23(29)26-24(2,3)18-10-12-19(25)13-11-18/h7-13,15,22H,5-6,14,16H2,1-4H3,(H,26,29). The first-order chi connectivity index (χ1) is 14.3. The fourth-order valence-electron chi connectivity index (χ4n) is 3.65. The van der Waals surface area contributed by atoms with Gasteiger partial charge in [0.2, 0.25) is 0 Å². The summed E-state index contributed by atoms with van der Waals surface area (Å²) in [6.07, 6.45) is 2.58. The van der Waals surface area contributed by atoms with Crippen molar-refractivity contribution in [2.24, 2.45) is 5.10 Å². The summed E-state index contributed by atoms with van der Waals surface area (Å²) < 4.78 is 18.6. The Morgan fingerprint density at radius 2 is 2.00 bits per heavy atom. The van der Waals surface area contributed by atoms with E-state index >= 15 is 0 Å². The van der Waals surface area contributed by atoms with Crippen LogP contribution >= 0.6 is 0 Å². The van der Waals surface area contributed by atoms with Crippen LogP contribution in [-0.2, 0) is 10.3 Å². The largest absolute Gasteiger partial charge is 0.497 e. The molecule has 1 N–H and O–H groups in total. The molecule has 1 amide bonds. The van der Waals surface area contributed by atoms with Crippen LogP contribution in [0.1, 0.15) is 57.2 Å². The molecule has 0 aliphatic carbocycles. The molecule has 30 heavy (non-hydrogen) atoms. The van der Waals surface area contributed by atoms with Gasteiger partial charge in [-0.25, -0.2) is 4.39 Å². The summed E-state index contributed by atoms with van der Waals surface area (Å²) in [7, 11) is 1.65. The number of nitrogens with zero attached hydrogens (tertiary/aromatic N) is 2. The van der Waals surface area contributed by atoms with E-state index in [1.807, 2.05) is 43.1 Å². The maximum atomic E-state index is 13.3. The van der Waals surface area contributed by atoms with Crippen LogP contribution in [0.15, 0.2) is 53.6 Å². The van der Waals surface area contributed by atoms with Gasteiger partial charge in [-0.1, -0.05) is 37.6 Å². The van der Waals surface area contributed by atoms with Crippen LogP contribution in [0.3, 0.4) is 0 Å². The molecule has 5 nitrogen and oxygen atoms in total. The molecule has 1 heterocycles. The van der Waals surface area contributed by atoms with Gasteiger partial charge in [0.15, 0.2) is 0 Å². The smallest absolute Gasteiger partial charge is 0.268 e. The van der Waals surface area contributed by atoms with Crippen LogP contribution in [0.25, 0.3) is 0 Å². The lowest BCUT2D eigenvalue weighted by atomic mass is 9.93. The summed E-state index contributed by atoms with van der Waals surface area (Å²) in [5, 5.41) is 9.74. The SMILES string of the molecule is CCCCN1N=C(C(=O)NC(C)(C)c2ccc(F)cc2)CC1c1cccc(OC)c1. The molecule has 1 atom stereocenters. The minimum Gasteiger partial charge on any atom is -0.497 e. The summed E-state index contributed by atoms with van der Waals surface area (Å²) in [4.78, 5) is 13.1. The summed E-state index contributed by atoms with van der Waals surface area (Å²) in [5.41, 5.74) is 1.78. The van der Waals surface area contributed by atoms with Gasteiger partial charge in [-0.2, -0.15) is 5.10 Å².